The summed E-state index contributed by atoms with van der Waals surface area (Å²) in [4.78, 5) is 11.3. The minimum atomic E-state index is -4.14. The van der Waals surface area contributed by atoms with Crippen LogP contribution < -0.4 is 0 Å². The fraction of sp³-hybridized carbons (Fsp3) is 0.900. The molecule has 0 radical (unpaired) electrons. The highest BCUT2D eigenvalue weighted by Crippen LogP contribution is 2.21. The van der Waals surface area contributed by atoms with Crippen LogP contribution in [0.4, 0.5) is 13.2 Å². The summed E-state index contributed by atoms with van der Waals surface area (Å²) in [6.07, 6.45) is -5.10. The van der Waals surface area contributed by atoms with Crippen LogP contribution in [-0.4, -0.2) is 25.2 Å². The van der Waals surface area contributed by atoms with E-state index in [-0.39, 0.29) is 25.4 Å². The molecule has 0 atom stereocenters. The standard InChI is InChI=1S/C10H17F3O2/c1-9(2,3)8(14)7-15-6-4-5-10(11,12)13/h4-7H2,1-3H3. The molecule has 0 rings (SSSR count). The lowest BCUT2D eigenvalue weighted by Crippen LogP contribution is -2.25. The minimum absolute atomic E-state index is 0.0265. The summed E-state index contributed by atoms with van der Waals surface area (Å²) in [7, 11) is 0. The van der Waals surface area contributed by atoms with Gasteiger partial charge >= 0.3 is 6.18 Å². The Bertz CT molecular complexity index is 204. The van der Waals surface area contributed by atoms with Gasteiger partial charge in [-0.15, -0.1) is 0 Å². The van der Waals surface area contributed by atoms with Crippen LogP contribution >= 0.6 is 0 Å². The van der Waals surface area contributed by atoms with E-state index in [1.54, 1.807) is 20.8 Å². The number of ether oxygens (including phenoxy) is 1. The first-order valence-electron chi connectivity index (χ1n) is 4.81. The summed E-state index contributed by atoms with van der Waals surface area (Å²) in [5, 5.41) is 0. The van der Waals surface area contributed by atoms with Gasteiger partial charge in [-0.1, -0.05) is 20.8 Å². The Morgan fingerprint density at radius 1 is 1.20 bits per heavy atom. The number of hydrogen-bond donors (Lipinski definition) is 0. The summed E-state index contributed by atoms with van der Waals surface area (Å²) in [6, 6.07) is 0. The van der Waals surface area contributed by atoms with Crippen molar-refractivity contribution in [3.63, 3.8) is 0 Å². The Kier molecular flexibility index (Phi) is 5.28. The van der Waals surface area contributed by atoms with Crippen molar-refractivity contribution in [1.82, 2.24) is 0 Å². The van der Waals surface area contributed by atoms with Gasteiger partial charge in [-0.05, 0) is 6.42 Å². The third-order valence-electron chi connectivity index (χ3n) is 1.82. The van der Waals surface area contributed by atoms with Crippen LogP contribution in [0.3, 0.4) is 0 Å². The Balaban J connectivity index is 3.53. The molecular formula is C10H17F3O2. The normalized spacial score (nSPS) is 12.9. The van der Waals surface area contributed by atoms with Gasteiger partial charge in [-0.25, -0.2) is 0 Å². The van der Waals surface area contributed by atoms with Crippen molar-refractivity contribution in [1.29, 1.82) is 0 Å². The average Bonchev–Trinajstić information content (AvgIpc) is 1.99. The first-order chi connectivity index (χ1) is 6.63. The summed E-state index contributed by atoms with van der Waals surface area (Å²) in [5.41, 5.74) is -0.496. The molecular weight excluding hydrogens is 209 g/mol. The molecule has 0 aliphatic heterocycles. The predicted octanol–water partition coefficient (Wildman–Crippen LogP) is 2.96. The first-order valence-corrected chi connectivity index (χ1v) is 4.81. The Morgan fingerprint density at radius 3 is 2.13 bits per heavy atom. The highest BCUT2D eigenvalue weighted by Gasteiger charge is 2.26. The van der Waals surface area contributed by atoms with Crippen LogP contribution in [0.1, 0.15) is 33.6 Å². The average molecular weight is 226 g/mol. The number of rotatable bonds is 5. The Morgan fingerprint density at radius 2 is 1.73 bits per heavy atom. The molecule has 0 saturated carbocycles. The maximum Gasteiger partial charge on any atom is 0.389 e. The van der Waals surface area contributed by atoms with Gasteiger partial charge in [0.1, 0.15) is 6.61 Å². The van der Waals surface area contributed by atoms with Crippen molar-refractivity contribution in [3.05, 3.63) is 0 Å². The molecule has 0 heterocycles. The molecule has 0 unspecified atom stereocenters. The van der Waals surface area contributed by atoms with Crippen LogP contribution in [0.15, 0.2) is 0 Å². The van der Waals surface area contributed by atoms with E-state index in [1.807, 2.05) is 0 Å². The zero-order chi connectivity index (χ0) is 12.1. The number of halogens is 3. The molecule has 0 aliphatic rings. The SMILES string of the molecule is CC(C)(C)C(=O)COCCCC(F)(F)F. The fourth-order valence-corrected chi connectivity index (χ4v) is 0.756. The van der Waals surface area contributed by atoms with Crippen molar-refractivity contribution in [2.75, 3.05) is 13.2 Å². The molecule has 0 aliphatic carbocycles. The summed E-state index contributed by atoms with van der Waals surface area (Å²) < 4.78 is 40.0. The molecule has 90 valence electrons. The molecule has 0 aromatic heterocycles. The smallest absolute Gasteiger partial charge is 0.374 e. The van der Waals surface area contributed by atoms with E-state index in [2.05, 4.69) is 0 Å². The third-order valence-corrected chi connectivity index (χ3v) is 1.82. The predicted molar refractivity (Wildman–Crippen MR) is 50.6 cm³/mol. The van der Waals surface area contributed by atoms with Gasteiger partial charge in [0.25, 0.3) is 0 Å². The van der Waals surface area contributed by atoms with Gasteiger partial charge in [0.15, 0.2) is 5.78 Å². The largest absolute Gasteiger partial charge is 0.389 e. The lowest BCUT2D eigenvalue weighted by Gasteiger charge is -2.16. The van der Waals surface area contributed by atoms with E-state index in [0.717, 1.165) is 0 Å². The van der Waals surface area contributed by atoms with Gasteiger partial charge < -0.3 is 4.74 Å². The summed E-state index contributed by atoms with van der Waals surface area (Å²) in [6.45, 7) is 5.10. The zero-order valence-electron chi connectivity index (χ0n) is 9.28. The number of Topliss-reactive ketones (excluding diaryl/α,β-unsaturated/α-hetero) is 1. The maximum absolute atomic E-state index is 11.7. The van der Waals surface area contributed by atoms with E-state index in [1.165, 1.54) is 0 Å². The van der Waals surface area contributed by atoms with Gasteiger partial charge in [-0.3, -0.25) is 4.79 Å². The van der Waals surface area contributed by atoms with Gasteiger partial charge in [0.2, 0.25) is 0 Å². The Labute approximate surface area is 87.8 Å². The fourth-order valence-electron chi connectivity index (χ4n) is 0.756. The number of carbonyl (C=O) groups is 1. The second-order valence-electron chi connectivity index (χ2n) is 4.44. The van der Waals surface area contributed by atoms with Crippen molar-refractivity contribution >= 4 is 5.78 Å². The molecule has 0 spiro atoms. The summed E-state index contributed by atoms with van der Waals surface area (Å²) >= 11 is 0. The van der Waals surface area contributed by atoms with Crippen molar-refractivity contribution < 1.29 is 22.7 Å². The lowest BCUT2D eigenvalue weighted by molar-refractivity contribution is -0.139. The molecule has 0 amide bonds. The topological polar surface area (TPSA) is 26.3 Å². The van der Waals surface area contributed by atoms with Crippen molar-refractivity contribution in [2.45, 2.75) is 39.8 Å². The molecule has 0 aromatic rings. The summed E-state index contributed by atoms with van der Waals surface area (Å²) in [5.74, 6) is -0.102. The quantitative estimate of drug-likeness (QED) is 0.674. The number of hydrogen-bond acceptors (Lipinski definition) is 2. The molecule has 0 N–H and O–H groups in total. The molecule has 0 aromatic carbocycles. The third kappa shape index (κ3) is 8.42. The second-order valence-corrected chi connectivity index (χ2v) is 4.44. The molecule has 0 saturated heterocycles. The maximum atomic E-state index is 11.7. The van der Waals surface area contributed by atoms with Crippen LogP contribution in [0.5, 0.6) is 0 Å². The Hall–Kier alpha value is -0.580. The molecule has 0 bridgehead atoms. The van der Waals surface area contributed by atoms with Crippen LogP contribution in [0.25, 0.3) is 0 Å². The van der Waals surface area contributed by atoms with Crippen LogP contribution in [0.2, 0.25) is 0 Å². The van der Waals surface area contributed by atoms with Crippen LogP contribution in [-0.2, 0) is 9.53 Å². The number of ketones is 1. The van der Waals surface area contributed by atoms with Gasteiger partial charge in [0, 0.05) is 18.4 Å². The number of alkyl halides is 3. The lowest BCUT2D eigenvalue weighted by atomic mass is 9.91. The first kappa shape index (κ1) is 14.4. The second kappa shape index (κ2) is 5.49. The number of carbonyl (C=O) groups excluding carboxylic acids is 1. The van der Waals surface area contributed by atoms with Crippen LogP contribution in [0, 0.1) is 5.41 Å². The van der Waals surface area contributed by atoms with E-state index < -0.39 is 18.0 Å². The molecule has 5 heteroatoms. The van der Waals surface area contributed by atoms with Crippen molar-refractivity contribution in [2.24, 2.45) is 5.41 Å². The van der Waals surface area contributed by atoms with E-state index in [4.69, 9.17) is 4.74 Å². The van der Waals surface area contributed by atoms with Gasteiger partial charge in [0.05, 0.1) is 0 Å². The van der Waals surface area contributed by atoms with Crippen molar-refractivity contribution in [3.8, 4) is 0 Å². The van der Waals surface area contributed by atoms with E-state index in [0.29, 0.717) is 0 Å². The molecule has 2 nitrogen and oxygen atoms in total. The monoisotopic (exact) mass is 226 g/mol. The molecule has 15 heavy (non-hydrogen) atoms. The highest BCUT2D eigenvalue weighted by atomic mass is 19.4. The zero-order valence-corrected chi connectivity index (χ0v) is 9.28. The molecule has 0 fully saturated rings. The highest BCUT2D eigenvalue weighted by molar-refractivity contribution is 5.84. The van der Waals surface area contributed by atoms with Gasteiger partial charge in [-0.2, -0.15) is 13.2 Å². The van der Waals surface area contributed by atoms with E-state index in [9.17, 15) is 18.0 Å². The van der Waals surface area contributed by atoms with E-state index >= 15 is 0 Å². The minimum Gasteiger partial charge on any atom is -0.374 e.